The Kier molecular flexibility index (Phi) is 4.76. The van der Waals surface area contributed by atoms with Gasteiger partial charge < -0.3 is 19.9 Å². The number of ether oxygens (including phenoxy) is 2. The number of aliphatic hydroxyl groups is 1. The summed E-state index contributed by atoms with van der Waals surface area (Å²) in [5.41, 5.74) is 0. The highest BCUT2D eigenvalue weighted by Crippen LogP contribution is 2.23. The van der Waals surface area contributed by atoms with Gasteiger partial charge in [-0.2, -0.15) is 0 Å². The van der Waals surface area contributed by atoms with E-state index in [-0.39, 0.29) is 12.0 Å². The van der Waals surface area contributed by atoms with Crippen LogP contribution in [0, 0.1) is 5.92 Å². The first-order valence-corrected chi connectivity index (χ1v) is 6.41. The van der Waals surface area contributed by atoms with Crippen molar-refractivity contribution in [2.45, 2.75) is 37.9 Å². The molecule has 5 heteroatoms. The van der Waals surface area contributed by atoms with Crippen molar-refractivity contribution in [3.63, 3.8) is 0 Å². The molecule has 1 atom stereocenters. The quantitative estimate of drug-likeness (QED) is 0.736. The lowest BCUT2D eigenvalue weighted by atomic mass is 9.87. The van der Waals surface area contributed by atoms with E-state index < -0.39 is 6.10 Å². The second kappa shape index (κ2) is 6.33. The van der Waals surface area contributed by atoms with Crippen LogP contribution in [0.4, 0.5) is 0 Å². The number of rotatable bonds is 3. The molecule has 1 saturated heterocycles. The van der Waals surface area contributed by atoms with Gasteiger partial charge in [-0.1, -0.05) is 0 Å². The molecule has 1 aliphatic heterocycles. The summed E-state index contributed by atoms with van der Waals surface area (Å²) < 4.78 is 10.5. The molecule has 1 amide bonds. The Morgan fingerprint density at radius 1 is 1.24 bits per heavy atom. The van der Waals surface area contributed by atoms with Crippen molar-refractivity contribution in [3.05, 3.63) is 0 Å². The fourth-order valence-corrected chi connectivity index (χ4v) is 2.35. The van der Waals surface area contributed by atoms with Gasteiger partial charge in [-0.25, -0.2) is 0 Å². The normalized spacial score (nSPS) is 34.3. The van der Waals surface area contributed by atoms with E-state index in [0.717, 1.165) is 25.7 Å². The van der Waals surface area contributed by atoms with E-state index in [1.165, 1.54) is 0 Å². The molecule has 2 N–H and O–H groups in total. The van der Waals surface area contributed by atoms with Crippen molar-refractivity contribution in [1.29, 1.82) is 0 Å². The summed E-state index contributed by atoms with van der Waals surface area (Å²) in [6.07, 6.45) is 3.09. The van der Waals surface area contributed by atoms with Crippen LogP contribution in [-0.2, 0) is 14.3 Å². The zero-order valence-electron chi connectivity index (χ0n) is 10.1. The van der Waals surface area contributed by atoms with Gasteiger partial charge in [0.1, 0.15) is 0 Å². The molecule has 0 spiro atoms. The maximum absolute atomic E-state index is 11.7. The summed E-state index contributed by atoms with van der Waals surface area (Å²) >= 11 is 0. The lowest BCUT2D eigenvalue weighted by Crippen LogP contribution is -2.44. The molecule has 5 nitrogen and oxygen atoms in total. The van der Waals surface area contributed by atoms with Gasteiger partial charge in [-0.05, 0) is 31.6 Å². The van der Waals surface area contributed by atoms with Gasteiger partial charge in [-0.15, -0.1) is 0 Å². The van der Waals surface area contributed by atoms with Crippen LogP contribution < -0.4 is 5.32 Å². The van der Waals surface area contributed by atoms with Gasteiger partial charge >= 0.3 is 0 Å². The minimum Gasteiger partial charge on any atom is -0.393 e. The minimum absolute atomic E-state index is 0.0733. The summed E-state index contributed by atoms with van der Waals surface area (Å²) in [6.45, 7) is 2.11. The molecule has 1 aliphatic carbocycles. The molecule has 1 unspecified atom stereocenters. The third kappa shape index (κ3) is 3.94. The molecule has 0 bridgehead atoms. The van der Waals surface area contributed by atoms with Crippen molar-refractivity contribution < 1.29 is 19.4 Å². The van der Waals surface area contributed by atoms with Gasteiger partial charge in [0.25, 0.3) is 5.91 Å². The summed E-state index contributed by atoms with van der Waals surface area (Å²) in [5.74, 6) is 0.419. The molecule has 2 fully saturated rings. The molecule has 1 heterocycles. The van der Waals surface area contributed by atoms with Gasteiger partial charge in [0.2, 0.25) is 0 Å². The lowest BCUT2D eigenvalue weighted by Gasteiger charge is -2.27. The van der Waals surface area contributed by atoms with Gasteiger partial charge in [0.15, 0.2) is 6.10 Å². The van der Waals surface area contributed by atoms with Crippen LogP contribution in [0.15, 0.2) is 0 Å². The summed E-state index contributed by atoms with van der Waals surface area (Å²) in [7, 11) is 0. The molecular formula is C12H21NO4. The fourth-order valence-electron chi connectivity index (χ4n) is 2.35. The first-order valence-electron chi connectivity index (χ1n) is 6.41. The van der Waals surface area contributed by atoms with Crippen molar-refractivity contribution in [3.8, 4) is 0 Å². The molecule has 1 saturated carbocycles. The second-order valence-corrected chi connectivity index (χ2v) is 4.85. The van der Waals surface area contributed by atoms with Crippen molar-refractivity contribution in [1.82, 2.24) is 5.32 Å². The standard InChI is InChI=1S/C12H21NO4/c14-10-3-1-9(2-4-10)7-13-12(15)11-8-16-5-6-17-11/h9-11,14H,1-8H2,(H,13,15). The number of nitrogens with one attached hydrogen (secondary N) is 1. The molecule has 0 radical (unpaired) electrons. The highest BCUT2D eigenvalue weighted by molar-refractivity contribution is 5.80. The largest absolute Gasteiger partial charge is 0.393 e. The Morgan fingerprint density at radius 3 is 2.65 bits per heavy atom. The van der Waals surface area contributed by atoms with Gasteiger partial charge in [-0.3, -0.25) is 4.79 Å². The van der Waals surface area contributed by atoms with E-state index in [1.807, 2.05) is 0 Å². The third-order valence-corrected chi connectivity index (χ3v) is 3.49. The Labute approximate surface area is 101 Å². The zero-order valence-corrected chi connectivity index (χ0v) is 10.1. The number of carbonyl (C=O) groups excluding carboxylic acids is 1. The molecule has 17 heavy (non-hydrogen) atoms. The molecular weight excluding hydrogens is 222 g/mol. The van der Waals surface area contributed by atoms with Crippen molar-refractivity contribution in [2.24, 2.45) is 5.92 Å². The number of hydrogen-bond donors (Lipinski definition) is 2. The van der Waals surface area contributed by atoms with Crippen LogP contribution in [0.3, 0.4) is 0 Å². The SMILES string of the molecule is O=C(NCC1CCC(O)CC1)C1COCCO1. The topological polar surface area (TPSA) is 67.8 Å². The molecule has 2 rings (SSSR count). The van der Waals surface area contributed by atoms with E-state index in [9.17, 15) is 9.90 Å². The second-order valence-electron chi connectivity index (χ2n) is 4.85. The first kappa shape index (κ1) is 12.8. The maximum Gasteiger partial charge on any atom is 0.251 e. The average Bonchev–Trinajstić information content (AvgIpc) is 2.39. The molecule has 98 valence electrons. The van der Waals surface area contributed by atoms with Crippen molar-refractivity contribution in [2.75, 3.05) is 26.4 Å². The Bertz CT molecular complexity index is 245. The number of aliphatic hydroxyl groups excluding tert-OH is 1. The highest BCUT2D eigenvalue weighted by atomic mass is 16.6. The lowest BCUT2D eigenvalue weighted by molar-refractivity contribution is -0.147. The maximum atomic E-state index is 11.7. The van der Waals surface area contributed by atoms with Crippen LogP contribution in [0.5, 0.6) is 0 Å². The van der Waals surface area contributed by atoms with Crippen LogP contribution in [0.2, 0.25) is 0 Å². The zero-order chi connectivity index (χ0) is 12.1. The van der Waals surface area contributed by atoms with E-state index in [0.29, 0.717) is 32.3 Å². The van der Waals surface area contributed by atoms with Crippen LogP contribution >= 0.6 is 0 Å². The number of amides is 1. The summed E-state index contributed by atoms with van der Waals surface area (Å²) in [6, 6.07) is 0. The van der Waals surface area contributed by atoms with Crippen LogP contribution in [0.25, 0.3) is 0 Å². The third-order valence-electron chi connectivity index (χ3n) is 3.49. The average molecular weight is 243 g/mol. The van der Waals surface area contributed by atoms with E-state index >= 15 is 0 Å². The van der Waals surface area contributed by atoms with Gasteiger partial charge in [0, 0.05) is 6.54 Å². The van der Waals surface area contributed by atoms with E-state index in [2.05, 4.69) is 5.32 Å². The summed E-state index contributed by atoms with van der Waals surface area (Å²) in [4.78, 5) is 11.7. The number of carbonyl (C=O) groups is 1. The van der Waals surface area contributed by atoms with Crippen molar-refractivity contribution >= 4 is 5.91 Å². The Morgan fingerprint density at radius 2 is 2.00 bits per heavy atom. The van der Waals surface area contributed by atoms with E-state index in [1.54, 1.807) is 0 Å². The Hall–Kier alpha value is -0.650. The molecule has 0 aromatic rings. The molecule has 0 aromatic heterocycles. The van der Waals surface area contributed by atoms with Crippen LogP contribution in [-0.4, -0.2) is 49.6 Å². The smallest absolute Gasteiger partial charge is 0.251 e. The summed E-state index contributed by atoms with van der Waals surface area (Å²) in [5, 5.41) is 12.3. The monoisotopic (exact) mass is 243 g/mol. The predicted octanol–water partition coefficient (Wildman–Crippen LogP) is 0.0691. The predicted molar refractivity (Wildman–Crippen MR) is 61.5 cm³/mol. The highest BCUT2D eigenvalue weighted by Gasteiger charge is 2.24. The fraction of sp³-hybridized carbons (Fsp3) is 0.917. The number of hydrogen-bond acceptors (Lipinski definition) is 4. The van der Waals surface area contributed by atoms with Crippen LogP contribution in [0.1, 0.15) is 25.7 Å². The first-order chi connectivity index (χ1) is 8.25. The van der Waals surface area contributed by atoms with Gasteiger partial charge in [0.05, 0.1) is 25.9 Å². The Balaban J connectivity index is 1.65. The van der Waals surface area contributed by atoms with E-state index in [4.69, 9.17) is 9.47 Å². The molecule has 0 aromatic carbocycles. The minimum atomic E-state index is -0.446. The molecule has 2 aliphatic rings.